The van der Waals surface area contributed by atoms with Crippen LogP contribution in [0, 0.1) is 18.8 Å². The summed E-state index contributed by atoms with van der Waals surface area (Å²) in [6, 6.07) is 5.44. The zero-order chi connectivity index (χ0) is 13.7. The van der Waals surface area contributed by atoms with Crippen molar-refractivity contribution in [3.05, 3.63) is 50.1 Å². The molecule has 4 nitrogen and oxygen atoms in total. The van der Waals surface area contributed by atoms with Crippen LogP contribution in [-0.2, 0) is 6.54 Å². The van der Waals surface area contributed by atoms with E-state index in [-0.39, 0.29) is 12.2 Å². The van der Waals surface area contributed by atoms with E-state index < -0.39 is 0 Å². The first-order chi connectivity index (χ1) is 9.19. The second kappa shape index (κ2) is 6.32. The molecule has 2 aromatic heterocycles. The SMILES string of the molecule is Cc1cnn(Cc2ccc(C#CCCO)s2)c(=O)c1. The molecule has 5 heteroatoms. The number of nitrogens with zero attached hydrogens (tertiary/aromatic N) is 2. The highest BCUT2D eigenvalue weighted by molar-refractivity contribution is 7.12. The normalized spacial score (nSPS) is 10.0. The van der Waals surface area contributed by atoms with Crippen LogP contribution >= 0.6 is 11.3 Å². The maximum Gasteiger partial charge on any atom is 0.267 e. The molecule has 0 radical (unpaired) electrons. The van der Waals surface area contributed by atoms with E-state index in [9.17, 15) is 4.79 Å². The number of aliphatic hydroxyl groups is 1. The van der Waals surface area contributed by atoms with Crippen molar-refractivity contribution in [2.45, 2.75) is 19.9 Å². The van der Waals surface area contributed by atoms with Crippen molar-refractivity contribution < 1.29 is 5.11 Å². The Bertz CT molecular complexity index is 676. The lowest BCUT2D eigenvalue weighted by Gasteiger charge is -2.01. The summed E-state index contributed by atoms with van der Waals surface area (Å²) in [5, 5.41) is 12.8. The van der Waals surface area contributed by atoms with Crippen molar-refractivity contribution >= 4 is 11.3 Å². The van der Waals surface area contributed by atoms with Crippen molar-refractivity contribution in [1.82, 2.24) is 9.78 Å². The zero-order valence-electron chi connectivity index (χ0n) is 10.6. The highest BCUT2D eigenvalue weighted by Crippen LogP contribution is 2.15. The molecule has 2 rings (SSSR count). The number of aromatic nitrogens is 2. The van der Waals surface area contributed by atoms with Gasteiger partial charge in [0.15, 0.2) is 0 Å². The molecular weight excluding hydrogens is 260 g/mol. The first-order valence-corrected chi connectivity index (χ1v) is 6.73. The Morgan fingerprint density at radius 3 is 3.05 bits per heavy atom. The van der Waals surface area contributed by atoms with Gasteiger partial charge in [0.2, 0.25) is 0 Å². The lowest BCUT2D eigenvalue weighted by molar-refractivity contribution is 0.305. The molecule has 0 aliphatic heterocycles. The first-order valence-electron chi connectivity index (χ1n) is 5.91. The Hall–Kier alpha value is -1.90. The average molecular weight is 274 g/mol. The maximum absolute atomic E-state index is 11.7. The third-order valence-electron chi connectivity index (χ3n) is 2.42. The van der Waals surface area contributed by atoms with Crippen LogP contribution in [0.4, 0.5) is 0 Å². The van der Waals surface area contributed by atoms with E-state index in [4.69, 9.17) is 5.11 Å². The smallest absolute Gasteiger partial charge is 0.267 e. The Labute approximate surface area is 115 Å². The van der Waals surface area contributed by atoms with Crippen LogP contribution < -0.4 is 5.56 Å². The molecule has 0 saturated heterocycles. The number of hydrogen-bond acceptors (Lipinski definition) is 4. The van der Waals surface area contributed by atoms with Gasteiger partial charge in [-0.2, -0.15) is 5.10 Å². The summed E-state index contributed by atoms with van der Waals surface area (Å²) in [7, 11) is 0. The molecule has 0 atom stereocenters. The summed E-state index contributed by atoms with van der Waals surface area (Å²) in [5.74, 6) is 5.85. The van der Waals surface area contributed by atoms with Crippen LogP contribution in [0.15, 0.2) is 29.2 Å². The highest BCUT2D eigenvalue weighted by Gasteiger charge is 2.02. The van der Waals surface area contributed by atoms with E-state index >= 15 is 0 Å². The van der Waals surface area contributed by atoms with Crippen LogP contribution in [0.5, 0.6) is 0 Å². The van der Waals surface area contributed by atoms with Gasteiger partial charge in [0, 0.05) is 17.4 Å². The molecule has 0 aromatic carbocycles. The largest absolute Gasteiger partial charge is 0.395 e. The molecule has 0 fully saturated rings. The minimum atomic E-state index is -0.0960. The van der Waals surface area contributed by atoms with Gasteiger partial charge < -0.3 is 5.11 Å². The molecule has 2 aromatic rings. The summed E-state index contributed by atoms with van der Waals surface area (Å²) in [5.41, 5.74) is 0.768. The highest BCUT2D eigenvalue weighted by atomic mass is 32.1. The lowest BCUT2D eigenvalue weighted by Crippen LogP contribution is -2.22. The van der Waals surface area contributed by atoms with E-state index in [0.29, 0.717) is 13.0 Å². The molecule has 1 N–H and O–H groups in total. The quantitative estimate of drug-likeness (QED) is 0.861. The Morgan fingerprint density at radius 2 is 2.32 bits per heavy atom. The van der Waals surface area contributed by atoms with E-state index in [2.05, 4.69) is 16.9 Å². The topological polar surface area (TPSA) is 55.1 Å². The van der Waals surface area contributed by atoms with Crippen LogP contribution in [0.3, 0.4) is 0 Å². The van der Waals surface area contributed by atoms with Crippen molar-refractivity contribution in [3.8, 4) is 11.8 Å². The molecule has 2 heterocycles. The Balaban J connectivity index is 2.12. The minimum absolute atomic E-state index is 0.0773. The van der Waals surface area contributed by atoms with Crippen LogP contribution in [-0.4, -0.2) is 21.5 Å². The standard InChI is InChI=1S/C14H14N2O2S/c1-11-8-14(18)16(15-9-11)10-13-6-5-12(19-13)4-2-3-7-17/h5-6,8-9,17H,3,7,10H2,1H3. The van der Waals surface area contributed by atoms with Crippen molar-refractivity contribution in [3.63, 3.8) is 0 Å². The number of rotatable bonds is 3. The fourth-order valence-electron chi connectivity index (χ4n) is 1.53. The molecule has 0 spiro atoms. The zero-order valence-corrected chi connectivity index (χ0v) is 11.4. The van der Waals surface area contributed by atoms with E-state index in [1.54, 1.807) is 12.3 Å². The average Bonchev–Trinajstić information content (AvgIpc) is 2.81. The van der Waals surface area contributed by atoms with Crippen molar-refractivity contribution in [2.75, 3.05) is 6.61 Å². The van der Waals surface area contributed by atoms with Gasteiger partial charge in [-0.15, -0.1) is 11.3 Å². The molecule has 0 bridgehead atoms. The van der Waals surface area contributed by atoms with Gasteiger partial charge in [0.05, 0.1) is 24.2 Å². The van der Waals surface area contributed by atoms with Gasteiger partial charge in [-0.05, 0) is 24.6 Å². The van der Waals surface area contributed by atoms with E-state index in [0.717, 1.165) is 15.3 Å². The third-order valence-corrected chi connectivity index (χ3v) is 3.41. The molecule has 0 aliphatic carbocycles. The summed E-state index contributed by atoms with van der Waals surface area (Å²) < 4.78 is 1.43. The van der Waals surface area contributed by atoms with Gasteiger partial charge >= 0.3 is 0 Å². The van der Waals surface area contributed by atoms with Gasteiger partial charge in [0.25, 0.3) is 5.56 Å². The van der Waals surface area contributed by atoms with Gasteiger partial charge in [-0.1, -0.05) is 11.8 Å². The number of thiophene rings is 1. The number of aliphatic hydroxyl groups excluding tert-OH is 1. The van der Waals surface area contributed by atoms with Gasteiger partial charge in [-0.25, -0.2) is 4.68 Å². The predicted octanol–water partition coefficient (Wildman–Crippen LogP) is 1.40. The molecule has 98 valence electrons. The monoisotopic (exact) mass is 274 g/mol. The van der Waals surface area contributed by atoms with Gasteiger partial charge in [0.1, 0.15) is 0 Å². The summed E-state index contributed by atoms with van der Waals surface area (Å²) in [6.45, 7) is 2.39. The van der Waals surface area contributed by atoms with Crippen molar-refractivity contribution in [1.29, 1.82) is 0 Å². The summed E-state index contributed by atoms with van der Waals surface area (Å²) in [4.78, 5) is 13.7. The van der Waals surface area contributed by atoms with Crippen molar-refractivity contribution in [2.24, 2.45) is 0 Å². The second-order valence-electron chi connectivity index (χ2n) is 4.07. The molecule has 0 amide bonds. The maximum atomic E-state index is 11.7. The van der Waals surface area contributed by atoms with E-state index in [1.807, 2.05) is 19.1 Å². The summed E-state index contributed by atoms with van der Waals surface area (Å²) in [6.07, 6.45) is 2.16. The van der Waals surface area contributed by atoms with Crippen LogP contribution in [0.25, 0.3) is 0 Å². The first kappa shape index (κ1) is 13.5. The molecule has 0 saturated carbocycles. The number of hydrogen-bond donors (Lipinski definition) is 1. The summed E-state index contributed by atoms with van der Waals surface area (Å²) >= 11 is 1.54. The molecule has 0 unspecified atom stereocenters. The predicted molar refractivity (Wildman–Crippen MR) is 75.2 cm³/mol. The fourth-order valence-corrected chi connectivity index (χ4v) is 2.39. The molecule has 19 heavy (non-hydrogen) atoms. The Kier molecular flexibility index (Phi) is 4.50. The number of aryl methyl sites for hydroxylation is 1. The van der Waals surface area contributed by atoms with Gasteiger partial charge in [-0.3, -0.25) is 4.79 Å². The lowest BCUT2D eigenvalue weighted by atomic mass is 10.3. The molecule has 0 aliphatic rings. The minimum Gasteiger partial charge on any atom is -0.395 e. The Morgan fingerprint density at radius 1 is 1.47 bits per heavy atom. The molecular formula is C14H14N2O2S. The van der Waals surface area contributed by atoms with E-state index in [1.165, 1.54) is 16.0 Å². The van der Waals surface area contributed by atoms with Crippen LogP contribution in [0.1, 0.15) is 21.7 Å². The second-order valence-corrected chi connectivity index (χ2v) is 5.24. The fraction of sp³-hybridized carbons (Fsp3) is 0.286. The third kappa shape index (κ3) is 3.78. The van der Waals surface area contributed by atoms with Crippen LogP contribution in [0.2, 0.25) is 0 Å².